The van der Waals surface area contributed by atoms with Crippen LogP contribution in [0.3, 0.4) is 0 Å². The minimum Gasteiger partial charge on any atom is -0.406 e. The number of alkyl halides is 3. The summed E-state index contributed by atoms with van der Waals surface area (Å²) in [4.78, 5) is 2.97. The molecule has 0 bridgehead atoms. The Labute approximate surface area is 108 Å². The summed E-state index contributed by atoms with van der Waals surface area (Å²) in [5, 5.41) is 0.706. The standard InChI is InChI=1S/C11H11F3N2O.ClH/c12-11(13,14)17-8-1-2-10-9(5-8)7(3-4-15)6-16-10;/h1-2,5-6,16H,3-4,15H2;1H. The largest absolute Gasteiger partial charge is 0.573 e. The van der Waals surface area contributed by atoms with Crippen LogP contribution in [-0.4, -0.2) is 17.9 Å². The van der Waals surface area contributed by atoms with Gasteiger partial charge in [0.1, 0.15) is 5.75 Å². The van der Waals surface area contributed by atoms with Crippen molar-refractivity contribution in [2.45, 2.75) is 12.8 Å². The van der Waals surface area contributed by atoms with E-state index in [4.69, 9.17) is 5.73 Å². The zero-order valence-electron chi connectivity index (χ0n) is 9.25. The second-order valence-corrected chi connectivity index (χ2v) is 3.61. The molecule has 0 amide bonds. The predicted octanol–water partition coefficient (Wildman–Crippen LogP) is 2.99. The topological polar surface area (TPSA) is 51.0 Å². The monoisotopic (exact) mass is 280 g/mol. The van der Waals surface area contributed by atoms with Gasteiger partial charge in [-0.15, -0.1) is 25.6 Å². The van der Waals surface area contributed by atoms with Crippen molar-refractivity contribution < 1.29 is 17.9 Å². The van der Waals surface area contributed by atoms with E-state index in [-0.39, 0.29) is 18.2 Å². The highest BCUT2D eigenvalue weighted by molar-refractivity contribution is 5.85. The summed E-state index contributed by atoms with van der Waals surface area (Å²) in [5.41, 5.74) is 7.08. The third-order valence-electron chi connectivity index (χ3n) is 2.39. The molecule has 0 aliphatic heterocycles. The average Bonchev–Trinajstić information content (AvgIpc) is 2.59. The molecule has 0 atom stereocenters. The number of H-pyrrole nitrogens is 1. The maximum atomic E-state index is 12.1. The molecular formula is C11H12ClF3N2O. The predicted molar refractivity (Wildman–Crippen MR) is 65.0 cm³/mol. The molecule has 0 radical (unpaired) electrons. The second kappa shape index (κ2) is 5.49. The van der Waals surface area contributed by atoms with Gasteiger partial charge < -0.3 is 15.5 Å². The molecule has 0 saturated carbocycles. The lowest BCUT2D eigenvalue weighted by Gasteiger charge is -2.08. The van der Waals surface area contributed by atoms with Crippen molar-refractivity contribution in [3.8, 4) is 5.75 Å². The lowest BCUT2D eigenvalue weighted by Crippen LogP contribution is -2.17. The maximum Gasteiger partial charge on any atom is 0.573 e. The first-order chi connectivity index (χ1) is 7.99. The van der Waals surface area contributed by atoms with E-state index in [0.29, 0.717) is 18.4 Å². The van der Waals surface area contributed by atoms with E-state index in [1.165, 1.54) is 12.1 Å². The maximum absolute atomic E-state index is 12.1. The molecule has 1 aromatic carbocycles. The van der Waals surface area contributed by atoms with E-state index in [1.54, 1.807) is 12.3 Å². The Hall–Kier alpha value is -1.40. The van der Waals surface area contributed by atoms with E-state index >= 15 is 0 Å². The molecule has 2 aromatic rings. The minimum atomic E-state index is -4.67. The van der Waals surface area contributed by atoms with Gasteiger partial charge in [-0.2, -0.15) is 0 Å². The highest BCUT2D eigenvalue weighted by Gasteiger charge is 2.31. The summed E-state index contributed by atoms with van der Waals surface area (Å²) in [6.07, 6.45) is -2.32. The minimum absolute atomic E-state index is 0. The first-order valence-electron chi connectivity index (χ1n) is 5.05. The van der Waals surface area contributed by atoms with E-state index in [2.05, 4.69) is 9.72 Å². The van der Waals surface area contributed by atoms with E-state index < -0.39 is 6.36 Å². The zero-order valence-corrected chi connectivity index (χ0v) is 10.1. The van der Waals surface area contributed by atoms with Crippen molar-refractivity contribution in [2.75, 3.05) is 6.54 Å². The van der Waals surface area contributed by atoms with Crippen LogP contribution in [-0.2, 0) is 6.42 Å². The average molecular weight is 281 g/mol. The quantitative estimate of drug-likeness (QED) is 0.908. The van der Waals surface area contributed by atoms with E-state index in [9.17, 15) is 13.2 Å². The summed E-state index contributed by atoms with van der Waals surface area (Å²) < 4.78 is 40.1. The number of aromatic nitrogens is 1. The summed E-state index contributed by atoms with van der Waals surface area (Å²) in [6, 6.07) is 4.19. The summed E-state index contributed by atoms with van der Waals surface area (Å²) >= 11 is 0. The Balaban J connectivity index is 0.00000162. The second-order valence-electron chi connectivity index (χ2n) is 3.61. The highest BCUT2D eigenvalue weighted by Crippen LogP contribution is 2.28. The van der Waals surface area contributed by atoms with Crippen LogP contribution in [0.15, 0.2) is 24.4 Å². The van der Waals surface area contributed by atoms with Crippen molar-refractivity contribution in [2.24, 2.45) is 5.73 Å². The van der Waals surface area contributed by atoms with Gasteiger partial charge in [0.2, 0.25) is 0 Å². The molecule has 0 saturated heterocycles. The van der Waals surface area contributed by atoms with Gasteiger partial charge in [-0.1, -0.05) is 0 Å². The normalized spacial score (nSPS) is 11.3. The van der Waals surface area contributed by atoms with Crippen LogP contribution >= 0.6 is 12.4 Å². The van der Waals surface area contributed by atoms with Gasteiger partial charge in [0.05, 0.1) is 0 Å². The Morgan fingerprint density at radius 2 is 2.00 bits per heavy atom. The molecule has 2 rings (SSSR count). The molecule has 3 nitrogen and oxygen atoms in total. The van der Waals surface area contributed by atoms with Gasteiger partial charge in [-0.25, -0.2) is 0 Å². The molecule has 0 unspecified atom stereocenters. The van der Waals surface area contributed by atoms with Gasteiger partial charge in [-0.3, -0.25) is 0 Å². The molecule has 3 N–H and O–H groups in total. The number of hydrogen-bond donors (Lipinski definition) is 2. The summed E-state index contributed by atoms with van der Waals surface area (Å²) in [6.45, 7) is 0.442. The fraction of sp³-hybridized carbons (Fsp3) is 0.273. The molecule has 100 valence electrons. The third-order valence-corrected chi connectivity index (χ3v) is 2.39. The Morgan fingerprint density at radius 3 is 2.61 bits per heavy atom. The first kappa shape index (κ1) is 14.7. The molecular weight excluding hydrogens is 269 g/mol. The Morgan fingerprint density at radius 1 is 1.28 bits per heavy atom. The molecule has 0 fully saturated rings. The SMILES string of the molecule is Cl.NCCc1c[nH]c2ccc(OC(F)(F)F)cc12. The molecule has 0 spiro atoms. The number of nitrogens with two attached hydrogens (primary N) is 1. The lowest BCUT2D eigenvalue weighted by atomic mass is 10.1. The third kappa shape index (κ3) is 3.30. The van der Waals surface area contributed by atoms with Crippen molar-refractivity contribution in [1.82, 2.24) is 4.98 Å². The lowest BCUT2D eigenvalue weighted by molar-refractivity contribution is -0.274. The van der Waals surface area contributed by atoms with Crippen LogP contribution < -0.4 is 10.5 Å². The Kier molecular flexibility index (Phi) is 4.48. The highest BCUT2D eigenvalue weighted by atomic mass is 35.5. The number of ether oxygens (including phenoxy) is 1. The zero-order chi connectivity index (χ0) is 12.5. The molecule has 1 heterocycles. The molecule has 7 heteroatoms. The number of aromatic amines is 1. The molecule has 1 aromatic heterocycles. The van der Waals surface area contributed by atoms with Crippen LogP contribution in [0.5, 0.6) is 5.75 Å². The van der Waals surface area contributed by atoms with Gasteiger partial charge in [0, 0.05) is 17.1 Å². The van der Waals surface area contributed by atoms with Gasteiger partial charge in [0.25, 0.3) is 0 Å². The summed E-state index contributed by atoms with van der Waals surface area (Å²) in [5.74, 6) is -0.220. The van der Waals surface area contributed by atoms with E-state index in [1.807, 2.05) is 0 Å². The first-order valence-corrected chi connectivity index (χ1v) is 5.05. The van der Waals surface area contributed by atoms with Crippen LogP contribution in [0, 0.1) is 0 Å². The number of benzene rings is 1. The number of halogens is 4. The van der Waals surface area contributed by atoms with Crippen LogP contribution in [0.1, 0.15) is 5.56 Å². The number of rotatable bonds is 3. The van der Waals surface area contributed by atoms with E-state index in [0.717, 1.165) is 11.1 Å². The van der Waals surface area contributed by atoms with Crippen molar-refractivity contribution in [3.05, 3.63) is 30.0 Å². The fourth-order valence-electron chi connectivity index (χ4n) is 1.72. The molecule has 0 aliphatic carbocycles. The summed E-state index contributed by atoms with van der Waals surface area (Å²) in [7, 11) is 0. The van der Waals surface area contributed by atoms with Crippen molar-refractivity contribution in [1.29, 1.82) is 0 Å². The van der Waals surface area contributed by atoms with Crippen LogP contribution in [0.4, 0.5) is 13.2 Å². The smallest absolute Gasteiger partial charge is 0.406 e. The van der Waals surface area contributed by atoms with Crippen molar-refractivity contribution >= 4 is 23.3 Å². The number of nitrogens with one attached hydrogen (secondary N) is 1. The Bertz CT molecular complexity index is 524. The fourth-order valence-corrected chi connectivity index (χ4v) is 1.72. The van der Waals surface area contributed by atoms with Crippen molar-refractivity contribution in [3.63, 3.8) is 0 Å². The van der Waals surface area contributed by atoms with Crippen LogP contribution in [0.25, 0.3) is 10.9 Å². The number of hydrogen-bond acceptors (Lipinski definition) is 2. The number of fused-ring (bicyclic) bond motifs is 1. The molecule has 0 aliphatic rings. The van der Waals surface area contributed by atoms with Gasteiger partial charge in [0.15, 0.2) is 0 Å². The van der Waals surface area contributed by atoms with Crippen LogP contribution in [0.2, 0.25) is 0 Å². The van der Waals surface area contributed by atoms with Gasteiger partial charge in [-0.05, 0) is 36.7 Å². The molecule has 18 heavy (non-hydrogen) atoms. The van der Waals surface area contributed by atoms with Gasteiger partial charge >= 0.3 is 6.36 Å².